The van der Waals surface area contributed by atoms with Crippen molar-refractivity contribution >= 4 is 23.8 Å². The lowest BCUT2D eigenvalue weighted by molar-refractivity contribution is 0.563. The van der Waals surface area contributed by atoms with Crippen LogP contribution in [0, 0.1) is 11.6 Å². The number of nitrogen functional groups attached to an aromatic ring is 1. The predicted octanol–water partition coefficient (Wildman–Crippen LogP) is 0.531. The first-order valence-electron chi connectivity index (χ1n) is 4.81. The summed E-state index contributed by atoms with van der Waals surface area (Å²) in [6, 6.07) is 1.62. The zero-order valence-corrected chi connectivity index (χ0v) is 9.78. The van der Waals surface area contributed by atoms with Gasteiger partial charge in [-0.1, -0.05) is 12.2 Å². The van der Waals surface area contributed by atoms with Crippen molar-refractivity contribution in [1.29, 1.82) is 0 Å². The van der Waals surface area contributed by atoms with Crippen LogP contribution in [0.5, 0.6) is 0 Å². The van der Waals surface area contributed by atoms with Crippen LogP contribution >= 0.6 is 12.2 Å². The molecule has 0 atom stereocenters. The van der Waals surface area contributed by atoms with Gasteiger partial charge in [0.05, 0.1) is 0 Å². The van der Waals surface area contributed by atoms with Crippen molar-refractivity contribution in [2.45, 2.75) is 20.4 Å². The molecule has 0 saturated heterocycles. The van der Waals surface area contributed by atoms with E-state index >= 15 is 0 Å². The fourth-order valence-electron chi connectivity index (χ4n) is 1.59. The summed E-state index contributed by atoms with van der Waals surface area (Å²) in [5.74, 6) is 0.175. The van der Waals surface area contributed by atoms with Gasteiger partial charge < -0.3 is 5.73 Å². The maximum atomic E-state index is 11.8. The summed E-state index contributed by atoms with van der Waals surface area (Å²) in [5.41, 5.74) is 6.52. The number of fused-ring (bicyclic) bond motifs is 1. The van der Waals surface area contributed by atoms with E-state index in [0.717, 1.165) is 0 Å². The molecule has 0 aliphatic rings. The van der Waals surface area contributed by atoms with E-state index in [2.05, 4.69) is 9.97 Å². The lowest BCUT2D eigenvalue weighted by Crippen LogP contribution is -2.30. The molecule has 2 aromatic rings. The first-order valence-corrected chi connectivity index (χ1v) is 5.22. The average Bonchev–Trinajstić information content (AvgIpc) is 2.20. The summed E-state index contributed by atoms with van der Waals surface area (Å²) in [7, 11) is 0. The number of hydrogen-bond donors (Lipinski definition) is 1. The summed E-state index contributed by atoms with van der Waals surface area (Å²) in [6.07, 6.45) is 0. The van der Waals surface area contributed by atoms with E-state index in [-0.39, 0.29) is 11.5 Å². The molecule has 0 aliphatic heterocycles. The molecular weight excluding hydrogens is 226 g/mol. The minimum atomic E-state index is -0.175. The molecule has 16 heavy (non-hydrogen) atoms. The van der Waals surface area contributed by atoms with E-state index in [4.69, 9.17) is 18.0 Å². The van der Waals surface area contributed by atoms with Gasteiger partial charge >= 0.3 is 0 Å². The third-order valence-corrected chi connectivity index (χ3v) is 2.49. The van der Waals surface area contributed by atoms with Gasteiger partial charge in [0.25, 0.3) is 5.56 Å². The lowest BCUT2D eigenvalue weighted by atomic mass is 10.5. The van der Waals surface area contributed by atoms with E-state index in [1.165, 1.54) is 9.20 Å². The van der Waals surface area contributed by atoms with Crippen molar-refractivity contribution < 1.29 is 0 Å². The molecular formula is C9H11N5OS. The molecule has 7 heteroatoms. The molecule has 84 valence electrons. The van der Waals surface area contributed by atoms with E-state index in [1.807, 2.05) is 6.92 Å². The van der Waals surface area contributed by atoms with Crippen LogP contribution in [0.1, 0.15) is 12.6 Å². The fourth-order valence-corrected chi connectivity index (χ4v) is 1.79. The molecule has 2 heterocycles. The van der Waals surface area contributed by atoms with Gasteiger partial charge in [0.2, 0.25) is 5.95 Å². The van der Waals surface area contributed by atoms with E-state index in [0.29, 0.717) is 22.5 Å². The molecule has 6 nitrogen and oxygen atoms in total. The molecule has 0 spiro atoms. The zero-order chi connectivity index (χ0) is 11.9. The van der Waals surface area contributed by atoms with Crippen molar-refractivity contribution in [3.8, 4) is 0 Å². The maximum absolute atomic E-state index is 11.8. The number of aromatic nitrogens is 4. The van der Waals surface area contributed by atoms with Crippen molar-refractivity contribution in [1.82, 2.24) is 19.2 Å². The van der Waals surface area contributed by atoms with E-state index in [9.17, 15) is 4.79 Å². The quantitative estimate of drug-likeness (QED) is 0.732. The molecule has 0 fully saturated rings. The standard InChI is InChI=1S/C9H11N5OS/c1-3-13-8(15)5(2)11-6-4-7(16)12-9(10)14(6)13/h4H,3H2,1-2H3,(H2,10,12,16). The summed E-state index contributed by atoms with van der Waals surface area (Å²) < 4.78 is 3.32. The smallest absolute Gasteiger partial charge is 0.286 e. The van der Waals surface area contributed by atoms with Crippen LogP contribution in [0.4, 0.5) is 5.95 Å². The van der Waals surface area contributed by atoms with E-state index < -0.39 is 0 Å². The first-order chi connectivity index (χ1) is 7.54. The van der Waals surface area contributed by atoms with Gasteiger partial charge in [-0.25, -0.2) is 14.6 Å². The minimum Gasteiger partial charge on any atom is -0.368 e. The van der Waals surface area contributed by atoms with Gasteiger partial charge in [-0.3, -0.25) is 4.79 Å². The minimum absolute atomic E-state index is 0.175. The van der Waals surface area contributed by atoms with Crippen LogP contribution in [-0.2, 0) is 6.54 Å². The third-order valence-electron chi connectivity index (χ3n) is 2.28. The van der Waals surface area contributed by atoms with Crippen molar-refractivity contribution in [2.75, 3.05) is 5.73 Å². The Hall–Kier alpha value is -1.76. The Morgan fingerprint density at radius 2 is 2.19 bits per heavy atom. The third kappa shape index (κ3) is 1.49. The second-order valence-electron chi connectivity index (χ2n) is 3.34. The molecule has 0 unspecified atom stereocenters. The van der Waals surface area contributed by atoms with Crippen molar-refractivity contribution in [3.63, 3.8) is 0 Å². The van der Waals surface area contributed by atoms with Crippen molar-refractivity contribution in [3.05, 3.63) is 26.8 Å². The molecule has 0 bridgehead atoms. The Bertz CT molecular complexity index is 672. The monoisotopic (exact) mass is 237 g/mol. The normalized spacial score (nSPS) is 10.9. The number of rotatable bonds is 1. The highest BCUT2D eigenvalue weighted by Crippen LogP contribution is 2.04. The van der Waals surface area contributed by atoms with Gasteiger partial charge in [-0.05, 0) is 13.8 Å². The Morgan fingerprint density at radius 3 is 2.81 bits per heavy atom. The lowest BCUT2D eigenvalue weighted by Gasteiger charge is -2.12. The summed E-state index contributed by atoms with van der Waals surface area (Å²) in [6.45, 7) is 4.01. The number of anilines is 1. The van der Waals surface area contributed by atoms with E-state index in [1.54, 1.807) is 13.0 Å². The Kier molecular flexibility index (Phi) is 2.47. The number of hydrogen-bond acceptors (Lipinski definition) is 5. The SMILES string of the molecule is CCn1c(=O)c(C)nc2cc(=S)nc(N)n21. The van der Waals surface area contributed by atoms with Crippen LogP contribution in [0.3, 0.4) is 0 Å². The Labute approximate surface area is 96.4 Å². The summed E-state index contributed by atoms with van der Waals surface area (Å²) in [4.78, 5) is 19.9. The molecule has 2 N–H and O–H groups in total. The summed E-state index contributed by atoms with van der Waals surface area (Å²) >= 11 is 4.95. The van der Waals surface area contributed by atoms with Gasteiger partial charge in [-0.2, -0.15) is 4.52 Å². The van der Waals surface area contributed by atoms with Crippen LogP contribution in [0.2, 0.25) is 0 Å². The van der Waals surface area contributed by atoms with Crippen LogP contribution in [0.25, 0.3) is 5.65 Å². The molecule has 2 rings (SSSR count). The Balaban J connectivity index is 3.09. The highest BCUT2D eigenvalue weighted by atomic mass is 32.1. The first kappa shape index (κ1) is 10.7. The van der Waals surface area contributed by atoms with Gasteiger partial charge in [-0.15, -0.1) is 0 Å². The second-order valence-corrected chi connectivity index (χ2v) is 3.76. The summed E-state index contributed by atoms with van der Waals surface area (Å²) in [5, 5.41) is 0. The molecule has 0 aliphatic carbocycles. The maximum Gasteiger partial charge on any atom is 0.286 e. The van der Waals surface area contributed by atoms with Crippen LogP contribution in [-0.4, -0.2) is 19.2 Å². The number of nitrogens with two attached hydrogens (primary N) is 1. The number of aryl methyl sites for hydroxylation is 2. The molecule has 0 amide bonds. The van der Waals surface area contributed by atoms with Gasteiger partial charge in [0, 0.05) is 12.6 Å². The van der Waals surface area contributed by atoms with Gasteiger partial charge in [0.15, 0.2) is 5.65 Å². The molecule has 0 saturated carbocycles. The second kappa shape index (κ2) is 3.67. The average molecular weight is 237 g/mol. The highest BCUT2D eigenvalue weighted by Gasteiger charge is 2.08. The topological polar surface area (TPSA) is 78.2 Å². The van der Waals surface area contributed by atoms with Gasteiger partial charge in [0.1, 0.15) is 10.3 Å². The molecule has 0 aromatic carbocycles. The van der Waals surface area contributed by atoms with Crippen LogP contribution < -0.4 is 11.3 Å². The molecule has 2 aromatic heterocycles. The van der Waals surface area contributed by atoms with Crippen LogP contribution in [0.15, 0.2) is 10.9 Å². The number of nitrogens with zero attached hydrogens (tertiary/aromatic N) is 4. The van der Waals surface area contributed by atoms with Crippen molar-refractivity contribution in [2.24, 2.45) is 0 Å². The largest absolute Gasteiger partial charge is 0.368 e. The zero-order valence-electron chi connectivity index (χ0n) is 8.97. The fraction of sp³-hybridized carbons (Fsp3) is 0.333. The highest BCUT2D eigenvalue weighted by molar-refractivity contribution is 7.71. The Morgan fingerprint density at radius 1 is 1.50 bits per heavy atom. The molecule has 0 radical (unpaired) electrons. The predicted molar refractivity (Wildman–Crippen MR) is 62.9 cm³/mol.